The van der Waals surface area contributed by atoms with Crippen LogP contribution in [0.25, 0.3) is 0 Å². The average molecular weight is 440 g/mol. The summed E-state index contributed by atoms with van der Waals surface area (Å²) in [6.07, 6.45) is -5.54. The first kappa shape index (κ1) is 24.0. The fourth-order valence-electron chi connectivity index (χ4n) is 3.80. The third-order valence-corrected chi connectivity index (χ3v) is 5.69. The number of aryl methyl sites for hydroxylation is 1. The molecular weight excluding hydrogens is 415 g/mol. The van der Waals surface area contributed by atoms with Crippen LogP contribution in [-0.4, -0.2) is 24.0 Å². The van der Waals surface area contributed by atoms with Crippen LogP contribution in [0, 0.1) is 11.3 Å². The molecule has 0 saturated heterocycles. The molecule has 0 spiro atoms. The van der Waals surface area contributed by atoms with Crippen molar-refractivity contribution in [2.24, 2.45) is 0 Å². The summed E-state index contributed by atoms with van der Waals surface area (Å²) < 4.78 is 47.7. The van der Waals surface area contributed by atoms with Crippen molar-refractivity contribution in [2.45, 2.75) is 57.2 Å². The highest BCUT2D eigenvalue weighted by Crippen LogP contribution is 2.46. The second-order valence-electron chi connectivity index (χ2n) is 8.04. The summed E-state index contributed by atoms with van der Waals surface area (Å²) in [5.41, 5.74) is -2.24. The molecule has 0 radical (unpaired) electrons. The Labute approximate surface area is 180 Å². The molecule has 1 unspecified atom stereocenters. The number of halogens is 4. The second kappa shape index (κ2) is 8.87. The van der Waals surface area contributed by atoms with Gasteiger partial charge in [-0.2, -0.15) is 18.4 Å². The topological polar surface area (TPSA) is 53.2 Å². The average Bonchev–Trinajstić information content (AvgIpc) is 2.67. The third kappa shape index (κ3) is 4.91. The van der Waals surface area contributed by atoms with Crippen LogP contribution < -0.4 is 4.74 Å². The molecule has 30 heavy (non-hydrogen) atoms. The number of benzene rings is 2. The van der Waals surface area contributed by atoms with Gasteiger partial charge < -0.3 is 9.84 Å². The smallest absolute Gasteiger partial charge is 0.417 e. The Morgan fingerprint density at radius 3 is 2.30 bits per heavy atom. The number of aliphatic hydroxyl groups is 1. The fourth-order valence-corrected chi connectivity index (χ4v) is 4.05. The monoisotopic (exact) mass is 439 g/mol. The summed E-state index contributed by atoms with van der Waals surface area (Å²) >= 11 is 6.09. The van der Waals surface area contributed by atoms with Crippen LogP contribution in [0.2, 0.25) is 5.02 Å². The van der Waals surface area contributed by atoms with E-state index in [-0.39, 0.29) is 16.1 Å². The molecular formula is C23H25ClF3NO2. The lowest BCUT2D eigenvalue weighted by atomic mass is 9.72. The number of nitrogens with zero attached hydrogens (tertiary/aromatic N) is 1. The number of rotatable bonds is 7. The minimum absolute atomic E-state index is 0.0140. The molecule has 0 aromatic heterocycles. The Hall–Kier alpha value is -2.23. The van der Waals surface area contributed by atoms with Crippen molar-refractivity contribution in [1.29, 1.82) is 5.26 Å². The molecule has 2 aromatic rings. The Bertz CT molecular complexity index is 950. The van der Waals surface area contributed by atoms with Crippen molar-refractivity contribution >= 4 is 11.6 Å². The van der Waals surface area contributed by atoms with Gasteiger partial charge in [-0.05, 0) is 41.5 Å². The van der Waals surface area contributed by atoms with E-state index in [1.807, 2.05) is 19.1 Å². The van der Waals surface area contributed by atoms with E-state index in [0.717, 1.165) is 5.56 Å². The van der Waals surface area contributed by atoms with Crippen LogP contribution in [0.15, 0.2) is 36.4 Å². The number of hydrogen-bond donors (Lipinski definition) is 1. The van der Waals surface area contributed by atoms with Crippen LogP contribution in [0.4, 0.5) is 13.2 Å². The number of alkyl halides is 3. The number of methoxy groups -OCH3 is 1. The van der Waals surface area contributed by atoms with Gasteiger partial charge in [-0.25, -0.2) is 0 Å². The molecule has 0 aliphatic rings. The first-order valence-electron chi connectivity index (χ1n) is 9.52. The first-order chi connectivity index (χ1) is 13.9. The zero-order chi connectivity index (χ0) is 22.7. The molecule has 0 aliphatic heterocycles. The van der Waals surface area contributed by atoms with Gasteiger partial charge in [0.25, 0.3) is 0 Å². The molecule has 1 atom stereocenters. The van der Waals surface area contributed by atoms with Crippen molar-refractivity contribution in [2.75, 3.05) is 7.11 Å². The molecule has 0 amide bonds. The van der Waals surface area contributed by atoms with Crippen LogP contribution in [0.5, 0.6) is 5.75 Å². The zero-order valence-electron chi connectivity index (χ0n) is 17.4. The molecule has 0 aliphatic carbocycles. The van der Waals surface area contributed by atoms with Gasteiger partial charge in [-0.15, -0.1) is 0 Å². The van der Waals surface area contributed by atoms with Crippen molar-refractivity contribution in [3.05, 3.63) is 63.7 Å². The molecule has 0 saturated carbocycles. The van der Waals surface area contributed by atoms with E-state index in [1.165, 1.54) is 25.3 Å². The van der Waals surface area contributed by atoms with E-state index in [4.69, 9.17) is 21.6 Å². The third-order valence-electron chi connectivity index (χ3n) is 5.34. The van der Waals surface area contributed by atoms with E-state index < -0.39 is 30.0 Å². The van der Waals surface area contributed by atoms with E-state index >= 15 is 0 Å². The predicted octanol–water partition coefficient (Wildman–Crippen LogP) is 5.99. The summed E-state index contributed by atoms with van der Waals surface area (Å²) in [5.74, 6) is 0.533. The number of para-hydroxylation sites is 1. The lowest BCUT2D eigenvalue weighted by Gasteiger charge is -2.39. The SMILES string of the molecule is CCc1cccc(C(C)(C)CC(O)(Cc2ccc(C#N)cc2Cl)C(F)(F)F)c1OC. The lowest BCUT2D eigenvalue weighted by Crippen LogP contribution is -2.51. The van der Waals surface area contributed by atoms with Crippen LogP contribution in [0.1, 0.15) is 49.4 Å². The van der Waals surface area contributed by atoms with Crippen LogP contribution in [-0.2, 0) is 18.3 Å². The summed E-state index contributed by atoms with van der Waals surface area (Å²) in [5, 5.41) is 19.8. The van der Waals surface area contributed by atoms with Crippen molar-refractivity contribution in [1.82, 2.24) is 0 Å². The molecule has 1 N–H and O–H groups in total. The standard InChI is InChI=1S/C23H25ClF3NO2/c1-5-16-7-6-8-18(20(16)30-4)21(2,3)14-22(29,23(25,26)27)12-17-10-9-15(13-28)11-19(17)24/h6-11,29H,5,12,14H2,1-4H3. The number of nitriles is 1. The molecule has 162 valence electrons. The Morgan fingerprint density at radius 1 is 1.13 bits per heavy atom. The minimum Gasteiger partial charge on any atom is -0.496 e. The largest absolute Gasteiger partial charge is 0.496 e. The molecule has 2 aromatic carbocycles. The molecule has 7 heteroatoms. The lowest BCUT2D eigenvalue weighted by molar-refractivity contribution is -0.266. The Balaban J connectivity index is 2.49. The van der Waals surface area contributed by atoms with Crippen molar-refractivity contribution in [3.63, 3.8) is 0 Å². The van der Waals surface area contributed by atoms with Gasteiger partial charge in [-0.3, -0.25) is 0 Å². The second-order valence-corrected chi connectivity index (χ2v) is 8.44. The molecule has 2 rings (SSSR count). The summed E-state index contributed by atoms with van der Waals surface area (Å²) in [6.45, 7) is 5.25. The van der Waals surface area contributed by atoms with Gasteiger partial charge in [0, 0.05) is 17.0 Å². The molecule has 0 heterocycles. The number of ether oxygens (including phenoxy) is 1. The van der Waals surface area contributed by atoms with Gasteiger partial charge in [0.1, 0.15) is 5.75 Å². The summed E-state index contributed by atoms with van der Waals surface area (Å²) in [4.78, 5) is 0. The van der Waals surface area contributed by atoms with Gasteiger partial charge in [0.15, 0.2) is 5.60 Å². The van der Waals surface area contributed by atoms with Gasteiger partial charge in [-0.1, -0.05) is 56.6 Å². The van der Waals surface area contributed by atoms with E-state index in [2.05, 4.69) is 0 Å². The highest BCUT2D eigenvalue weighted by Gasteiger charge is 2.56. The summed E-state index contributed by atoms with van der Waals surface area (Å²) in [7, 11) is 1.49. The van der Waals surface area contributed by atoms with E-state index in [9.17, 15) is 18.3 Å². The fraction of sp³-hybridized carbons (Fsp3) is 0.435. The van der Waals surface area contributed by atoms with Gasteiger partial charge >= 0.3 is 6.18 Å². The summed E-state index contributed by atoms with van der Waals surface area (Å²) in [6, 6.07) is 11.3. The maximum absolute atomic E-state index is 14.1. The van der Waals surface area contributed by atoms with Crippen LogP contribution >= 0.6 is 11.6 Å². The maximum atomic E-state index is 14.1. The minimum atomic E-state index is -4.89. The normalized spacial score (nSPS) is 14.1. The number of hydrogen-bond acceptors (Lipinski definition) is 3. The van der Waals surface area contributed by atoms with Gasteiger partial charge in [0.05, 0.1) is 18.7 Å². The predicted molar refractivity (Wildman–Crippen MR) is 111 cm³/mol. The Kier molecular flexibility index (Phi) is 7.11. The highest BCUT2D eigenvalue weighted by molar-refractivity contribution is 6.31. The van der Waals surface area contributed by atoms with Crippen LogP contribution in [0.3, 0.4) is 0 Å². The highest BCUT2D eigenvalue weighted by atomic mass is 35.5. The van der Waals surface area contributed by atoms with E-state index in [1.54, 1.807) is 26.0 Å². The maximum Gasteiger partial charge on any atom is 0.417 e. The molecule has 0 bridgehead atoms. The van der Waals surface area contributed by atoms with Crippen molar-refractivity contribution in [3.8, 4) is 11.8 Å². The van der Waals surface area contributed by atoms with Crippen molar-refractivity contribution < 1.29 is 23.0 Å². The Morgan fingerprint density at radius 2 is 1.80 bits per heavy atom. The van der Waals surface area contributed by atoms with E-state index in [0.29, 0.717) is 17.7 Å². The first-order valence-corrected chi connectivity index (χ1v) is 9.90. The quantitative estimate of drug-likeness (QED) is 0.576. The molecule has 0 fully saturated rings. The molecule has 3 nitrogen and oxygen atoms in total. The zero-order valence-corrected chi connectivity index (χ0v) is 18.2. The van der Waals surface area contributed by atoms with Gasteiger partial charge in [0.2, 0.25) is 0 Å².